The summed E-state index contributed by atoms with van der Waals surface area (Å²) in [6, 6.07) is 11.5. The molecule has 0 unspecified atom stereocenters. The third kappa shape index (κ3) is 3.53. The van der Waals surface area contributed by atoms with E-state index in [-0.39, 0.29) is 11.8 Å². The van der Waals surface area contributed by atoms with E-state index in [4.69, 9.17) is 11.2 Å². The summed E-state index contributed by atoms with van der Waals surface area (Å²) >= 11 is 6.73. The molecule has 24 heavy (non-hydrogen) atoms. The van der Waals surface area contributed by atoms with Crippen molar-refractivity contribution in [2.75, 3.05) is 0 Å². The summed E-state index contributed by atoms with van der Waals surface area (Å²) in [5.41, 5.74) is 3.70. The van der Waals surface area contributed by atoms with Crippen LogP contribution in [0.1, 0.15) is 61.8 Å². The Morgan fingerprint density at radius 2 is 1.08 bits per heavy atom. The van der Waals surface area contributed by atoms with Gasteiger partial charge in [-0.05, 0) is 0 Å². The molecule has 0 heterocycles. The van der Waals surface area contributed by atoms with Crippen molar-refractivity contribution in [1.82, 2.24) is 0 Å². The maximum atomic E-state index is 11.5. The molecule has 0 aromatic heterocycles. The van der Waals surface area contributed by atoms with Crippen LogP contribution in [0, 0.1) is 13.8 Å². The molecule has 2 nitrogen and oxygen atoms in total. The van der Waals surface area contributed by atoms with Crippen molar-refractivity contribution in [3.63, 3.8) is 0 Å². The molecule has 0 amide bonds. The van der Waals surface area contributed by atoms with Crippen molar-refractivity contribution in [2.45, 2.75) is 53.4 Å². The first-order valence-electron chi connectivity index (χ1n) is 8.38. The summed E-state index contributed by atoms with van der Waals surface area (Å²) in [5.74, 6) is 0.292. The van der Waals surface area contributed by atoms with Crippen molar-refractivity contribution >= 4 is 28.3 Å². The zero-order chi connectivity index (χ0) is 18.3. The van der Waals surface area contributed by atoms with E-state index in [1.165, 1.54) is 0 Å². The summed E-state index contributed by atoms with van der Waals surface area (Å²) in [4.78, 5) is 23.0. The molecule has 0 saturated heterocycles. The number of hydrogen-bond acceptors (Lipinski definition) is 2. The number of rotatable bonds is 4. The number of hydrogen-bond donors (Lipinski definition) is 2. The molecule has 2 aromatic carbocycles. The van der Waals surface area contributed by atoms with Gasteiger partial charge in [0.05, 0.1) is 0 Å². The van der Waals surface area contributed by atoms with Crippen molar-refractivity contribution in [3.05, 3.63) is 58.7 Å². The second-order valence-electron chi connectivity index (χ2n) is 7.36. The Morgan fingerprint density at radius 1 is 0.750 bits per heavy atom. The van der Waals surface area contributed by atoms with Gasteiger partial charge >= 0.3 is 150 Å². The first kappa shape index (κ1) is 19.4. The minimum absolute atomic E-state index is 0.146. The maximum absolute atomic E-state index is 11.5. The first-order chi connectivity index (χ1) is 10.9. The van der Waals surface area contributed by atoms with Crippen molar-refractivity contribution in [2.24, 2.45) is 0 Å². The van der Waals surface area contributed by atoms with Gasteiger partial charge in [-0.1, -0.05) is 0 Å². The van der Waals surface area contributed by atoms with Crippen LogP contribution in [0.2, 0.25) is 0 Å². The van der Waals surface area contributed by atoms with E-state index in [1.54, 1.807) is 0 Å². The normalized spacial score (nSPS) is 14.0. The van der Waals surface area contributed by atoms with Gasteiger partial charge in [-0.25, -0.2) is 0 Å². The van der Waals surface area contributed by atoms with Gasteiger partial charge in [-0.15, -0.1) is 0 Å². The standard InChI is InChI=1S/C20H28ClO2P/c1-13(2)17-9-7-15(5)11-19(17)24(21,22,23)20-12-16(6)8-10-18(20)14(3)4/h7-14,22-23H,1-6H3. The van der Waals surface area contributed by atoms with Crippen LogP contribution in [0.5, 0.6) is 0 Å². The quantitative estimate of drug-likeness (QED) is 0.745. The van der Waals surface area contributed by atoms with Gasteiger partial charge in [0.15, 0.2) is 0 Å². The third-order valence-corrected chi connectivity index (χ3v) is 8.04. The fourth-order valence-electron chi connectivity index (χ4n) is 3.10. The summed E-state index contributed by atoms with van der Waals surface area (Å²) in [6.45, 7) is 12.0. The molecule has 132 valence electrons. The van der Waals surface area contributed by atoms with Gasteiger partial charge in [0.25, 0.3) is 0 Å². The van der Waals surface area contributed by atoms with Crippen LogP contribution in [0.3, 0.4) is 0 Å². The van der Waals surface area contributed by atoms with Crippen molar-refractivity contribution in [3.8, 4) is 0 Å². The van der Waals surface area contributed by atoms with Crippen LogP contribution in [-0.2, 0) is 0 Å². The molecule has 0 aliphatic carbocycles. The second kappa shape index (κ2) is 6.42. The van der Waals surface area contributed by atoms with Crippen molar-refractivity contribution < 1.29 is 9.79 Å². The first-order valence-corrected chi connectivity index (χ1v) is 11.4. The number of halogens is 1. The molecule has 2 N–H and O–H groups in total. The predicted molar refractivity (Wildman–Crippen MR) is 107 cm³/mol. The van der Waals surface area contributed by atoms with Crippen LogP contribution < -0.4 is 10.6 Å². The van der Waals surface area contributed by atoms with Gasteiger partial charge in [0.1, 0.15) is 0 Å². The summed E-state index contributed by atoms with van der Waals surface area (Å²) in [5, 5.41) is 0.926. The third-order valence-electron chi connectivity index (χ3n) is 4.47. The molecule has 0 radical (unpaired) electrons. The monoisotopic (exact) mass is 366 g/mol. The summed E-state index contributed by atoms with van der Waals surface area (Å²) in [6.07, 6.45) is -4.76. The van der Waals surface area contributed by atoms with Gasteiger partial charge in [-0.2, -0.15) is 0 Å². The van der Waals surface area contributed by atoms with Gasteiger partial charge in [0.2, 0.25) is 0 Å². The van der Waals surface area contributed by atoms with E-state index >= 15 is 0 Å². The molecular formula is C20H28ClO2P. The molecule has 0 spiro atoms. The number of aryl methyl sites for hydroxylation is 2. The molecule has 2 aromatic rings. The van der Waals surface area contributed by atoms with E-state index in [1.807, 2.05) is 77.9 Å². The van der Waals surface area contributed by atoms with Gasteiger partial charge < -0.3 is 0 Å². The minimum atomic E-state index is -4.76. The molecule has 0 bridgehead atoms. The van der Waals surface area contributed by atoms with Crippen LogP contribution in [0.4, 0.5) is 0 Å². The van der Waals surface area contributed by atoms with E-state index in [0.717, 1.165) is 22.3 Å². The van der Waals surface area contributed by atoms with Crippen LogP contribution in [0.15, 0.2) is 36.4 Å². The molecule has 4 heteroatoms. The molecule has 0 aliphatic heterocycles. The van der Waals surface area contributed by atoms with E-state index in [9.17, 15) is 9.79 Å². The molecule has 0 aliphatic rings. The topological polar surface area (TPSA) is 40.5 Å². The second-order valence-corrected chi connectivity index (χ2v) is 12.1. The predicted octanol–water partition coefficient (Wildman–Crippen LogP) is 5.02. The fourth-order valence-corrected chi connectivity index (χ4v) is 6.68. The Bertz CT molecular complexity index is 696. The van der Waals surface area contributed by atoms with E-state index < -0.39 is 6.41 Å². The Balaban J connectivity index is 2.86. The Kier molecular flexibility index (Phi) is 5.19. The Morgan fingerprint density at radius 3 is 1.38 bits per heavy atom. The molecule has 0 atom stereocenters. The summed E-state index contributed by atoms with van der Waals surface area (Å²) in [7, 11) is 0. The molecule has 0 fully saturated rings. The van der Waals surface area contributed by atoms with Gasteiger partial charge in [-0.3, -0.25) is 0 Å². The average Bonchev–Trinajstić information content (AvgIpc) is 2.46. The van der Waals surface area contributed by atoms with Crippen LogP contribution in [0.25, 0.3) is 0 Å². The molecular weight excluding hydrogens is 339 g/mol. The van der Waals surface area contributed by atoms with Crippen LogP contribution >= 0.6 is 17.7 Å². The van der Waals surface area contributed by atoms with E-state index in [2.05, 4.69) is 0 Å². The van der Waals surface area contributed by atoms with Crippen molar-refractivity contribution in [1.29, 1.82) is 0 Å². The summed E-state index contributed by atoms with van der Waals surface area (Å²) < 4.78 is 0. The molecule has 0 saturated carbocycles. The van der Waals surface area contributed by atoms with Gasteiger partial charge in [0, 0.05) is 0 Å². The van der Waals surface area contributed by atoms with E-state index in [0.29, 0.717) is 10.6 Å². The number of benzene rings is 2. The zero-order valence-corrected chi connectivity index (χ0v) is 17.0. The average molecular weight is 367 g/mol. The zero-order valence-electron chi connectivity index (χ0n) is 15.3. The van der Waals surface area contributed by atoms with Crippen LogP contribution in [-0.4, -0.2) is 9.79 Å². The Labute approximate surface area is 150 Å². The Hall–Kier alpha value is -0.920. The molecule has 2 rings (SSSR count). The SMILES string of the molecule is Cc1ccc(C(C)C)c(P(O)(O)(Cl)c2cc(C)ccc2C(C)C)c1. The fraction of sp³-hybridized carbons (Fsp3) is 0.400.